The number of aliphatic hydroxyl groups excluding tert-OH is 1. The zero-order chi connectivity index (χ0) is 12.3. The van der Waals surface area contributed by atoms with Crippen LogP contribution in [-0.4, -0.2) is 34.6 Å². The summed E-state index contributed by atoms with van der Waals surface area (Å²) in [6, 6.07) is 7.53. The number of nitrogens with zero attached hydrogens (tertiary/aromatic N) is 1. The van der Waals surface area contributed by atoms with Gasteiger partial charge in [-0.25, -0.2) is 0 Å². The van der Waals surface area contributed by atoms with Gasteiger partial charge in [-0.2, -0.15) is 0 Å². The lowest BCUT2D eigenvalue weighted by atomic mass is 10.1. The van der Waals surface area contributed by atoms with E-state index in [0.29, 0.717) is 11.5 Å². The van der Waals surface area contributed by atoms with Crippen molar-refractivity contribution in [3.8, 4) is 0 Å². The number of hydrogen-bond donors (Lipinski definition) is 2. The van der Waals surface area contributed by atoms with Gasteiger partial charge in [0.1, 0.15) is 4.99 Å². The molecule has 0 aromatic heterocycles. The van der Waals surface area contributed by atoms with Gasteiger partial charge in [-0.15, -0.1) is 0 Å². The van der Waals surface area contributed by atoms with E-state index in [2.05, 4.69) is 4.90 Å². The van der Waals surface area contributed by atoms with Gasteiger partial charge < -0.3 is 15.7 Å². The van der Waals surface area contributed by atoms with Crippen molar-refractivity contribution in [2.75, 3.05) is 19.6 Å². The molecule has 1 atom stereocenters. The van der Waals surface area contributed by atoms with Crippen LogP contribution in [0.25, 0.3) is 0 Å². The second-order valence-electron chi connectivity index (χ2n) is 4.51. The minimum Gasteiger partial charge on any atom is -0.389 e. The largest absolute Gasteiger partial charge is 0.389 e. The molecule has 0 bridgehead atoms. The Morgan fingerprint density at radius 3 is 2.41 bits per heavy atom. The summed E-state index contributed by atoms with van der Waals surface area (Å²) in [6.45, 7) is 2.91. The van der Waals surface area contributed by atoms with Crippen molar-refractivity contribution in [1.82, 2.24) is 4.90 Å². The van der Waals surface area contributed by atoms with Gasteiger partial charge in [0.15, 0.2) is 0 Å². The zero-order valence-corrected chi connectivity index (χ0v) is 10.6. The highest BCUT2D eigenvalue weighted by Crippen LogP contribution is 2.18. The average molecular weight is 250 g/mol. The van der Waals surface area contributed by atoms with E-state index in [-0.39, 0.29) is 0 Å². The second-order valence-corrected chi connectivity index (χ2v) is 4.95. The van der Waals surface area contributed by atoms with Crippen LogP contribution in [0.2, 0.25) is 0 Å². The molecule has 0 aliphatic carbocycles. The SMILES string of the molecule is NC(=S)c1ccc(C(O)CN2CCCC2)cc1. The Kier molecular flexibility index (Phi) is 4.10. The molecule has 1 unspecified atom stereocenters. The van der Waals surface area contributed by atoms with Crippen LogP contribution in [0.5, 0.6) is 0 Å². The van der Waals surface area contributed by atoms with E-state index < -0.39 is 6.10 Å². The molecule has 1 aliphatic rings. The third-order valence-corrected chi connectivity index (χ3v) is 3.45. The molecule has 1 aromatic carbocycles. The molecule has 92 valence electrons. The molecule has 1 aromatic rings. The molecule has 1 saturated heterocycles. The molecule has 0 saturated carbocycles. The minimum atomic E-state index is -0.423. The molecular formula is C13H18N2OS. The summed E-state index contributed by atoms with van der Waals surface area (Å²) in [5, 5.41) is 10.1. The maximum Gasteiger partial charge on any atom is 0.103 e. The lowest BCUT2D eigenvalue weighted by Gasteiger charge is -2.19. The summed E-state index contributed by atoms with van der Waals surface area (Å²) in [6.07, 6.45) is 2.06. The van der Waals surface area contributed by atoms with E-state index in [1.54, 1.807) is 0 Å². The number of aliphatic hydroxyl groups is 1. The average Bonchev–Trinajstić information content (AvgIpc) is 2.82. The highest BCUT2D eigenvalue weighted by molar-refractivity contribution is 7.80. The smallest absolute Gasteiger partial charge is 0.103 e. The number of nitrogens with two attached hydrogens (primary N) is 1. The van der Waals surface area contributed by atoms with E-state index >= 15 is 0 Å². The fraction of sp³-hybridized carbons (Fsp3) is 0.462. The second kappa shape index (κ2) is 5.58. The van der Waals surface area contributed by atoms with Crippen molar-refractivity contribution < 1.29 is 5.11 Å². The van der Waals surface area contributed by atoms with Gasteiger partial charge >= 0.3 is 0 Å². The Balaban J connectivity index is 1.98. The minimum absolute atomic E-state index is 0.394. The fourth-order valence-electron chi connectivity index (χ4n) is 2.18. The van der Waals surface area contributed by atoms with Crippen LogP contribution in [-0.2, 0) is 0 Å². The Bertz CT molecular complexity index is 385. The lowest BCUT2D eigenvalue weighted by molar-refractivity contribution is 0.126. The van der Waals surface area contributed by atoms with Crippen LogP contribution in [0.1, 0.15) is 30.1 Å². The fourth-order valence-corrected chi connectivity index (χ4v) is 2.32. The van der Waals surface area contributed by atoms with Crippen LogP contribution in [0.15, 0.2) is 24.3 Å². The quantitative estimate of drug-likeness (QED) is 0.794. The van der Waals surface area contributed by atoms with E-state index in [0.717, 1.165) is 24.2 Å². The summed E-state index contributed by atoms with van der Waals surface area (Å²) < 4.78 is 0. The number of rotatable bonds is 4. The summed E-state index contributed by atoms with van der Waals surface area (Å²) >= 11 is 4.89. The molecule has 3 nitrogen and oxygen atoms in total. The van der Waals surface area contributed by atoms with E-state index in [4.69, 9.17) is 18.0 Å². The molecule has 3 N–H and O–H groups in total. The van der Waals surface area contributed by atoms with Crippen LogP contribution in [0.3, 0.4) is 0 Å². The van der Waals surface area contributed by atoms with Crippen LogP contribution < -0.4 is 5.73 Å². The molecule has 0 amide bonds. The van der Waals surface area contributed by atoms with Gasteiger partial charge in [0.05, 0.1) is 6.10 Å². The first-order valence-corrected chi connectivity index (χ1v) is 6.38. The van der Waals surface area contributed by atoms with Crippen molar-refractivity contribution in [3.05, 3.63) is 35.4 Å². The first-order valence-electron chi connectivity index (χ1n) is 5.97. The molecule has 1 heterocycles. The maximum atomic E-state index is 10.1. The highest BCUT2D eigenvalue weighted by Gasteiger charge is 2.16. The molecular weight excluding hydrogens is 232 g/mol. The summed E-state index contributed by atoms with van der Waals surface area (Å²) in [5.74, 6) is 0. The highest BCUT2D eigenvalue weighted by atomic mass is 32.1. The molecule has 1 fully saturated rings. The van der Waals surface area contributed by atoms with Crippen molar-refractivity contribution in [2.45, 2.75) is 18.9 Å². The molecule has 17 heavy (non-hydrogen) atoms. The van der Waals surface area contributed by atoms with E-state index in [1.165, 1.54) is 12.8 Å². The monoisotopic (exact) mass is 250 g/mol. The van der Waals surface area contributed by atoms with Crippen LogP contribution >= 0.6 is 12.2 Å². The Morgan fingerprint density at radius 1 is 1.29 bits per heavy atom. The third-order valence-electron chi connectivity index (χ3n) is 3.21. The van der Waals surface area contributed by atoms with Gasteiger partial charge in [-0.05, 0) is 31.5 Å². The number of thiocarbonyl (C=S) groups is 1. The normalized spacial score (nSPS) is 18.2. The number of β-amino-alcohol motifs (C(OH)–C–C–N with tert-alkyl or cyclic N) is 1. The van der Waals surface area contributed by atoms with Gasteiger partial charge in [0.25, 0.3) is 0 Å². The first kappa shape index (κ1) is 12.5. The van der Waals surface area contributed by atoms with Crippen molar-refractivity contribution in [1.29, 1.82) is 0 Å². The predicted molar refractivity (Wildman–Crippen MR) is 73.0 cm³/mol. The van der Waals surface area contributed by atoms with E-state index in [1.807, 2.05) is 24.3 Å². The molecule has 0 radical (unpaired) electrons. The van der Waals surface area contributed by atoms with Gasteiger partial charge in [-0.1, -0.05) is 36.5 Å². The summed E-state index contributed by atoms with van der Waals surface area (Å²) in [4.78, 5) is 2.69. The van der Waals surface area contributed by atoms with Crippen LogP contribution in [0.4, 0.5) is 0 Å². The van der Waals surface area contributed by atoms with Crippen LogP contribution in [0, 0.1) is 0 Å². The Labute approximate surface area is 107 Å². The van der Waals surface area contributed by atoms with Gasteiger partial charge in [0.2, 0.25) is 0 Å². The third kappa shape index (κ3) is 3.25. The number of likely N-dealkylation sites (tertiary alicyclic amines) is 1. The Morgan fingerprint density at radius 2 is 1.88 bits per heavy atom. The van der Waals surface area contributed by atoms with Gasteiger partial charge in [-0.3, -0.25) is 0 Å². The van der Waals surface area contributed by atoms with Gasteiger partial charge in [0, 0.05) is 12.1 Å². The molecule has 2 rings (SSSR count). The standard InChI is InChI=1S/C13H18N2OS/c14-13(17)11-5-3-10(4-6-11)12(16)9-15-7-1-2-8-15/h3-6,12,16H,1-2,7-9H2,(H2,14,17). The molecule has 4 heteroatoms. The number of benzene rings is 1. The number of hydrogen-bond acceptors (Lipinski definition) is 3. The molecule has 0 spiro atoms. The summed E-state index contributed by atoms with van der Waals surface area (Å²) in [7, 11) is 0. The van der Waals surface area contributed by atoms with Crippen molar-refractivity contribution in [3.63, 3.8) is 0 Å². The maximum absolute atomic E-state index is 10.1. The lowest BCUT2D eigenvalue weighted by Crippen LogP contribution is -2.25. The zero-order valence-electron chi connectivity index (χ0n) is 9.80. The van der Waals surface area contributed by atoms with Crippen molar-refractivity contribution >= 4 is 17.2 Å². The summed E-state index contributed by atoms with van der Waals surface area (Å²) in [5.41, 5.74) is 7.30. The predicted octanol–water partition coefficient (Wildman–Crippen LogP) is 1.45. The van der Waals surface area contributed by atoms with Crippen molar-refractivity contribution in [2.24, 2.45) is 5.73 Å². The van der Waals surface area contributed by atoms with E-state index in [9.17, 15) is 5.11 Å². The molecule has 1 aliphatic heterocycles. The first-order chi connectivity index (χ1) is 8.16. The topological polar surface area (TPSA) is 49.5 Å². The Hall–Kier alpha value is -0.970.